The topological polar surface area (TPSA) is 113 Å². The van der Waals surface area contributed by atoms with Crippen molar-refractivity contribution in [1.82, 2.24) is 35.0 Å². The number of halogens is 3. The maximum atomic E-state index is 12.2. The number of methoxy groups -OCH3 is 1. The molecule has 0 atom stereocenters. The summed E-state index contributed by atoms with van der Waals surface area (Å²) in [4.78, 5) is 22.4. The molecule has 0 radical (unpaired) electrons. The number of amides is 1. The lowest BCUT2D eigenvalue weighted by molar-refractivity contribution is -0.124. The molecule has 14 heteroatoms. The summed E-state index contributed by atoms with van der Waals surface area (Å²) in [6.45, 7) is 9.15. The number of thiophene rings is 1. The molecule has 0 saturated carbocycles. The minimum atomic E-state index is 0. The molecule has 5 heterocycles. The SMILES string of the molecule is COc1cc(C)cc2cc(-c3c(CN4CCNC(=O)C4)c(CN4CCNCC4)n4ncnc(N)c34)sc12.Cl.Cl.Cl. The van der Waals surface area contributed by atoms with Gasteiger partial charge in [-0.3, -0.25) is 14.6 Å². The van der Waals surface area contributed by atoms with Crippen molar-refractivity contribution in [1.29, 1.82) is 0 Å². The Bertz CT molecular complexity index is 1490. The molecule has 0 unspecified atom stereocenters. The third-order valence-corrected chi connectivity index (χ3v) is 8.42. The average molecular weight is 630 g/mol. The second kappa shape index (κ2) is 13.5. The maximum Gasteiger partial charge on any atom is 0.234 e. The van der Waals surface area contributed by atoms with Crippen molar-refractivity contribution in [3.63, 3.8) is 0 Å². The summed E-state index contributed by atoms with van der Waals surface area (Å²) >= 11 is 1.70. The number of carbonyl (C=O) groups is 1. The summed E-state index contributed by atoms with van der Waals surface area (Å²) in [6, 6.07) is 6.48. The van der Waals surface area contributed by atoms with Crippen molar-refractivity contribution in [3.05, 3.63) is 41.3 Å². The smallest absolute Gasteiger partial charge is 0.234 e. The van der Waals surface area contributed by atoms with Crippen molar-refractivity contribution in [2.45, 2.75) is 20.0 Å². The molecule has 40 heavy (non-hydrogen) atoms. The lowest BCUT2D eigenvalue weighted by atomic mass is 10.0. The van der Waals surface area contributed by atoms with E-state index in [1.165, 1.54) is 6.33 Å². The molecule has 1 amide bonds. The predicted molar refractivity (Wildman–Crippen MR) is 168 cm³/mol. The van der Waals surface area contributed by atoms with E-state index in [0.29, 0.717) is 25.5 Å². The normalized spacial score (nSPS) is 16.2. The van der Waals surface area contributed by atoms with E-state index in [2.05, 4.69) is 55.6 Å². The molecule has 10 nitrogen and oxygen atoms in total. The van der Waals surface area contributed by atoms with Gasteiger partial charge in [-0.25, -0.2) is 9.50 Å². The van der Waals surface area contributed by atoms with Gasteiger partial charge in [0.25, 0.3) is 0 Å². The molecule has 0 spiro atoms. The summed E-state index contributed by atoms with van der Waals surface area (Å²) in [7, 11) is 1.71. The quantitative estimate of drug-likeness (QED) is 0.298. The van der Waals surface area contributed by atoms with E-state index >= 15 is 0 Å². The number of aromatic nitrogens is 3. The van der Waals surface area contributed by atoms with Gasteiger partial charge in [0.2, 0.25) is 5.91 Å². The first-order valence-corrected chi connectivity index (χ1v) is 13.5. The lowest BCUT2D eigenvalue weighted by Gasteiger charge is -2.29. The minimum Gasteiger partial charge on any atom is -0.495 e. The van der Waals surface area contributed by atoms with Crippen LogP contribution in [0, 0.1) is 6.92 Å². The Labute approximate surface area is 255 Å². The number of benzene rings is 1. The highest BCUT2D eigenvalue weighted by Crippen LogP contribution is 2.44. The molecule has 2 saturated heterocycles. The van der Waals surface area contributed by atoms with E-state index in [4.69, 9.17) is 10.5 Å². The predicted octanol–water partition coefficient (Wildman–Crippen LogP) is 3.11. The van der Waals surface area contributed by atoms with Crippen LogP contribution in [0.4, 0.5) is 5.82 Å². The van der Waals surface area contributed by atoms with E-state index in [1.807, 2.05) is 4.52 Å². The Morgan fingerprint density at radius 1 is 1.05 bits per heavy atom. The van der Waals surface area contributed by atoms with Gasteiger partial charge in [-0.1, -0.05) is 6.07 Å². The van der Waals surface area contributed by atoms with Gasteiger partial charge in [0.1, 0.15) is 17.6 Å². The number of aryl methyl sites for hydroxylation is 1. The van der Waals surface area contributed by atoms with Crippen LogP contribution in [-0.4, -0.2) is 83.2 Å². The van der Waals surface area contributed by atoms with E-state index in [0.717, 1.165) is 87.9 Å². The van der Waals surface area contributed by atoms with Crippen LogP contribution in [0.1, 0.15) is 16.8 Å². The number of nitrogens with zero attached hydrogens (tertiary/aromatic N) is 5. The molecule has 2 fully saturated rings. The van der Waals surface area contributed by atoms with Crippen molar-refractivity contribution >= 4 is 75.9 Å². The summed E-state index contributed by atoms with van der Waals surface area (Å²) in [5.41, 5.74) is 11.8. The Kier molecular flexibility index (Phi) is 10.9. The summed E-state index contributed by atoms with van der Waals surface area (Å²) in [6.07, 6.45) is 1.53. The second-order valence-electron chi connectivity index (χ2n) is 9.79. The van der Waals surface area contributed by atoms with Gasteiger partial charge in [-0.2, -0.15) is 5.10 Å². The van der Waals surface area contributed by atoms with Crippen LogP contribution >= 0.6 is 48.6 Å². The van der Waals surface area contributed by atoms with Crippen molar-refractivity contribution in [2.75, 3.05) is 58.7 Å². The number of piperazine rings is 2. The third kappa shape index (κ3) is 6.11. The summed E-state index contributed by atoms with van der Waals surface area (Å²) < 4.78 is 8.81. The highest BCUT2D eigenvalue weighted by molar-refractivity contribution is 7.22. The van der Waals surface area contributed by atoms with Gasteiger partial charge >= 0.3 is 0 Å². The lowest BCUT2D eigenvalue weighted by Crippen LogP contribution is -2.47. The van der Waals surface area contributed by atoms with Crippen LogP contribution in [0.5, 0.6) is 5.75 Å². The minimum absolute atomic E-state index is 0. The zero-order chi connectivity index (χ0) is 25.5. The number of nitrogens with two attached hydrogens (primary N) is 1. The van der Waals surface area contributed by atoms with Gasteiger partial charge in [0, 0.05) is 68.4 Å². The van der Waals surface area contributed by atoms with E-state index in [1.54, 1.807) is 18.4 Å². The van der Waals surface area contributed by atoms with Crippen molar-refractivity contribution < 1.29 is 9.53 Å². The van der Waals surface area contributed by atoms with Gasteiger partial charge in [-0.05, 0) is 30.0 Å². The zero-order valence-electron chi connectivity index (χ0n) is 22.4. The number of hydrogen-bond acceptors (Lipinski definition) is 9. The number of rotatable bonds is 6. The molecule has 2 aliphatic rings. The Hall–Kier alpha value is -2.38. The van der Waals surface area contributed by atoms with Crippen LogP contribution < -0.4 is 21.1 Å². The number of nitrogen functional groups attached to an aromatic ring is 1. The van der Waals surface area contributed by atoms with Gasteiger partial charge in [0.05, 0.1) is 24.0 Å². The van der Waals surface area contributed by atoms with Crippen LogP contribution in [0.15, 0.2) is 24.5 Å². The number of nitrogens with one attached hydrogen (secondary N) is 2. The number of hydrogen-bond donors (Lipinski definition) is 3. The van der Waals surface area contributed by atoms with Gasteiger partial charge in [0.15, 0.2) is 5.82 Å². The van der Waals surface area contributed by atoms with Gasteiger partial charge < -0.3 is 21.1 Å². The van der Waals surface area contributed by atoms with Crippen LogP contribution in [-0.2, 0) is 17.9 Å². The molecule has 4 aromatic rings. The molecule has 3 aromatic heterocycles. The molecule has 2 aliphatic heterocycles. The average Bonchev–Trinajstić information content (AvgIpc) is 3.44. The van der Waals surface area contributed by atoms with Crippen LogP contribution in [0.2, 0.25) is 0 Å². The number of ether oxygens (including phenoxy) is 1. The first kappa shape index (κ1) is 32.1. The highest BCUT2D eigenvalue weighted by Gasteiger charge is 2.28. The largest absolute Gasteiger partial charge is 0.495 e. The molecule has 0 bridgehead atoms. The Balaban J connectivity index is 0.00000147. The van der Waals surface area contributed by atoms with Crippen molar-refractivity contribution in [2.24, 2.45) is 0 Å². The summed E-state index contributed by atoms with van der Waals surface area (Å²) in [5.74, 6) is 1.38. The number of carbonyl (C=O) groups excluding carboxylic acids is 1. The van der Waals surface area contributed by atoms with Crippen LogP contribution in [0.3, 0.4) is 0 Å². The molecule has 218 valence electrons. The molecule has 6 rings (SSSR count). The fraction of sp³-hybridized carbons (Fsp3) is 0.423. The Morgan fingerprint density at radius 3 is 2.52 bits per heavy atom. The zero-order valence-corrected chi connectivity index (χ0v) is 25.7. The first-order valence-electron chi connectivity index (χ1n) is 12.7. The van der Waals surface area contributed by atoms with E-state index in [-0.39, 0.29) is 43.1 Å². The van der Waals surface area contributed by atoms with Crippen molar-refractivity contribution in [3.8, 4) is 16.2 Å². The molecule has 4 N–H and O–H groups in total. The fourth-order valence-corrected chi connectivity index (χ4v) is 6.70. The monoisotopic (exact) mass is 628 g/mol. The van der Waals surface area contributed by atoms with Crippen LogP contribution in [0.25, 0.3) is 26.0 Å². The van der Waals surface area contributed by atoms with Gasteiger partial charge in [-0.15, -0.1) is 48.6 Å². The Morgan fingerprint density at radius 2 is 1.80 bits per heavy atom. The number of fused-ring (bicyclic) bond motifs is 2. The first-order chi connectivity index (χ1) is 18.0. The molecule has 0 aliphatic carbocycles. The van der Waals surface area contributed by atoms with E-state index < -0.39 is 0 Å². The molecular weight excluding hydrogens is 595 g/mol. The second-order valence-corrected chi connectivity index (χ2v) is 10.8. The number of anilines is 1. The summed E-state index contributed by atoms with van der Waals surface area (Å²) in [5, 5.41) is 12.2. The standard InChI is InChI=1S/C26H32N8O2S.3ClH/c1-16-9-17-11-21(37-25(17)20(10-16)36-2)23-18(12-33-8-5-29-22(35)14-33)19(13-32-6-3-28-4-7-32)34-24(23)26(27)30-15-31-34;;;/h9-11,15,28H,3-8,12-14H2,1-2H3,(H,29,35)(H2,27,30,31);3*1H. The molecule has 1 aromatic carbocycles. The molecular formula is C26H35Cl3N8O2S. The highest BCUT2D eigenvalue weighted by atomic mass is 35.5. The van der Waals surface area contributed by atoms with E-state index in [9.17, 15) is 4.79 Å². The third-order valence-electron chi connectivity index (χ3n) is 7.24. The maximum absolute atomic E-state index is 12.2. The fourth-order valence-electron chi connectivity index (χ4n) is 5.49.